The average molecular weight is 298 g/mol. The second kappa shape index (κ2) is 7.11. The van der Waals surface area contributed by atoms with Gasteiger partial charge in [-0.05, 0) is 32.6 Å². The van der Waals surface area contributed by atoms with Gasteiger partial charge < -0.3 is 20.5 Å². The van der Waals surface area contributed by atoms with Crippen LogP contribution in [0.4, 0.5) is 4.79 Å². The van der Waals surface area contributed by atoms with Crippen LogP contribution in [0.15, 0.2) is 0 Å². The Morgan fingerprint density at radius 1 is 1.19 bits per heavy atom. The number of carboxylic acids is 1. The lowest BCUT2D eigenvalue weighted by molar-refractivity contribution is -0.145. The lowest BCUT2D eigenvalue weighted by Crippen LogP contribution is -2.60. The summed E-state index contributed by atoms with van der Waals surface area (Å²) in [6.45, 7) is 2.64. The quantitative estimate of drug-likeness (QED) is 0.678. The van der Waals surface area contributed by atoms with Gasteiger partial charge >= 0.3 is 12.0 Å². The number of aliphatic carboxylic acids is 1. The van der Waals surface area contributed by atoms with Crippen molar-refractivity contribution in [3.8, 4) is 0 Å². The van der Waals surface area contributed by atoms with E-state index in [1.54, 1.807) is 0 Å². The maximum Gasteiger partial charge on any atom is 0.329 e. The van der Waals surface area contributed by atoms with Crippen molar-refractivity contribution < 1.29 is 19.4 Å². The molecule has 0 spiro atoms. The fourth-order valence-electron chi connectivity index (χ4n) is 3.22. The minimum Gasteiger partial charge on any atom is -0.480 e. The SMILES string of the molecule is CCOC1CC(NC(=O)NC2(C(=O)O)CCCCCC2)C1. The Bertz CT molecular complexity index is 372. The molecule has 0 unspecified atom stereocenters. The van der Waals surface area contributed by atoms with Gasteiger partial charge in [-0.15, -0.1) is 0 Å². The van der Waals surface area contributed by atoms with E-state index in [-0.39, 0.29) is 18.2 Å². The van der Waals surface area contributed by atoms with Gasteiger partial charge in [0.25, 0.3) is 0 Å². The van der Waals surface area contributed by atoms with Crippen molar-refractivity contribution in [1.82, 2.24) is 10.6 Å². The Kier molecular flexibility index (Phi) is 5.45. The van der Waals surface area contributed by atoms with Crippen LogP contribution >= 0.6 is 0 Å². The van der Waals surface area contributed by atoms with Crippen LogP contribution in [0.3, 0.4) is 0 Å². The lowest BCUT2D eigenvalue weighted by atomic mass is 9.88. The van der Waals surface area contributed by atoms with Crippen LogP contribution in [-0.4, -0.2) is 41.4 Å². The fraction of sp³-hybridized carbons (Fsp3) is 0.867. The molecular formula is C15H26N2O4. The fourth-order valence-corrected chi connectivity index (χ4v) is 3.22. The third kappa shape index (κ3) is 4.09. The maximum absolute atomic E-state index is 12.1. The first kappa shape index (κ1) is 16.1. The van der Waals surface area contributed by atoms with Crippen molar-refractivity contribution in [2.45, 2.75) is 76.0 Å². The smallest absolute Gasteiger partial charge is 0.329 e. The Balaban J connectivity index is 1.83. The third-order valence-electron chi connectivity index (χ3n) is 4.55. The summed E-state index contributed by atoms with van der Waals surface area (Å²) in [7, 11) is 0. The van der Waals surface area contributed by atoms with Crippen molar-refractivity contribution >= 4 is 12.0 Å². The van der Waals surface area contributed by atoms with Gasteiger partial charge in [0.15, 0.2) is 0 Å². The highest BCUT2D eigenvalue weighted by Gasteiger charge is 2.41. The molecule has 21 heavy (non-hydrogen) atoms. The molecule has 2 fully saturated rings. The zero-order chi connectivity index (χ0) is 15.3. The van der Waals surface area contributed by atoms with Crippen molar-refractivity contribution in [2.24, 2.45) is 0 Å². The molecule has 120 valence electrons. The monoisotopic (exact) mass is 298 g/mol. The number of carboxylic acid groups (broad SMARTS) is 1. The van der Waals surface area contributed by atoms with E-state index in [9.17, 15) is 14.7 Å². The summed E-state index contributed by atoms with van der Waals surface area (Å²) in [6, 6.07) is -0.266. The van der Waals surface area contributed by atoms with E-state index in [0.717, 1.165) is 38.5 Å². The number of hydrogen-bond acceptors (Lipinski definition) is 3. The summed E-state index contributed by atoms with van der Waals surface area (Å²) < 4.78 is 5.45. The van der Waals surface area contributed by atoms with Crippen LogP contribution in [0.1, 0.15) is 58.3 Å². The molecule has 0 saturated heterocycles. The number of nitrogens with one attached hydrogen (secondary N) is 2. The molecule has 2 rings (SSSR count). The predicted molar refractivity (Wildman–Crippen MR) is 78.2 cm³/mol. The summed E-state index contributed by atoms with van der Waals surface area (Å²) >= 11 is 0. The van der Waals surface area contributed by atoms with Gasteiger partial charge in [0.05, 0.1) is 6.10 Å². The average Bonchev–Trinajstić information content (AvgIpc) is 2.63. The predicted octanol–water partition coefficient (Wildman–Crippen LogP) is 2.03. The standard InChI is InChI=1S/C15H26N2O4/c1-2-21-12-9-11(10-12)16-14(20)17-15(13(18)19)7-5-3-4-6-8-15/h11-12H,2-10H2,1H3,(H,18,19)(H2,16,17,20). The van der Waals surface area contributed by atoms with Crippen molar-refractivity contribution in [3.05, 3.63) is 0 Å². The number of rotatable bonds is 5. The second-order valence-corrected chi connectivity index (χ2v) is 6.15. The van der Waals surface area contributed by atoms with E-state index in [4.69, 9.17) is 4.74 Å². The first-order valence-corrected chi connectivity index (χ1v) is 7.99. The van der Waals surface area contributed by atoms with Crippen molar-refractivity contribution in [2.75, 3.05) is 6.61 Å². The van der Waals surface area contributed by atoms with E-state index in [2.05, 4.69) is 10.6 Å². The first-order valence-electron chi connectivity index (χ1n) is 7.99. The topological polar surface area (TPSA) is 87.7 Å². The largest absolute Gasteiger partial charge is 0.480 e. The first-order chi connectivity index (χ1) is 10.1. The van der Waals surface area contributed by atoms with Gasteiger partial charge in [-0.2, -0.15) is 0 Å². The van der Waals surface area contributed by atoms with E-state index < -0.39 is 11.5 Å². The van der Waals surface area contributed by atoms with Crippen molar-refractivity contribution in [1.29, 1.82) is 0 Å². The molecule has 0 heterocycles. The molecule has 2 saturated carbocycles. The van der Waals surface area contributed by atoms with Gasteiger partial charge in [0, 0.05) is 12.6 Å². The number of ether oxygens (including phenoxy) is 1. The summed E-state index contributed by atoms with van der Waals surface area (Å²) in [5.41, 5.74) is -1.09. The molecule has 2 aliphatic rings. The zero-order valence-corrected chi connectivity index (χ0v) is 12.7. The maximum atomic E-state index is 12.1. The zero-order valence-electron chi connectivity index (χ0n) is 12.7. The summed E-state index contributed by atoms with van der Waals surface area (Å²) in [6.07, 6.45) is 6.65. The van der Waals surface area contributed by atoms with Crippen LogP contribution in [0.5, 0.6) is 0 Å². The molecule has 2 amide bonds. The highest BCUT2D eigenvalue weighted by Crippen LogP contribution is 2.28. The molecule has 3 N–H and O–H groups in total. The highest BCUT2D eigenvalue weighted by atomic mass is 16.5. The minimum atomic E-state index is -1.09. The Morgan fingerprint density at radius 3 is 2.33 bits per heavy atom. The Hall–Kier alpha value is -1.30. The number of hydrogen-bond donors (Lipinski definition) is 3. The third-order valence-corrected chi connectivity index (χ3v) is 4.55. The molecule has 0 atom stereocenters. The van der Waals surface area contributed by atoms with Gasteiger partial charge in [-0.3, -0.25) is 0 Å². The number of carbonyl (C=O) groups is 2. The van der Waals surface area contributed by atoms with Gasteiger partial charge in [-0.25, -0.2) is 9.59 Å². The van der Waals surface area contributed by atoms with Gasteiger partial charge in [0.1, 0.15) is 5.54 Å². The van der Waals surface area contributed by atoms with E-state index in [1.165, 1.54) is 0 Å². The van der Waals surface area contributed by atoms with E-state index in [0.29, 0.717) is 19.4 Å². The molecular weight excluding hydrogens is 272 g/mol. The van der Waals surface area contributed by atoms with Crippen molar-refractivity contribution in [3.63, 3.8) is 0 Å². The number of carbonyl (C=O) groups excluding carboxylic acids is 1. The molecule has 0 aliphatic heterocycles. The molecule has 0 bridgehead atoms. The number of urea groups is 1. The molecule has 0 radical (unpaired) electrons. The summed E-state index contributed by atoms with van der Waals surface area (Å²) in [5, 5.41) is 15.1. The van der Waals surface area contributed by atoms with E-state index >= 15 is 0 Å². The Morgan fingerprint density at radius 2 is 1.81 bits per heavy atom. The summed E-state index contributed by atoms with van der Waals surface area (Å²) in [4.78, 5) is 23.7. The molecule has 0 aromatic heterocycles. The Labute approximate surface area is 125 Å². The van der Waals surface area contributed by atoms with Crippen LogP contribution in [-0.2, 0) is 9.53 Å². The molecule has 6 heteroatoms. The molecule has 0 aromatic rings. The molecule has 6 nitrogen and oxygen atoms in total. The summed E-state index contributed by atoms with van der Waals surface area (Å²) in [5.74, 6) is -0.916. The normalized spacial score (nSPS) is 28.0. The van der Waals surface area contributed by atoms with Crippen LogP contribution in [0.25, 0.3) is 0 Å². The van der Waals surface area contributed by atoms with Gasteiger partial charge in [-0.1, -0.05) is 25.7 Å². The van der Waals surface area contributed by atoms with Crippen LogP contribution in [0.2, 0.25) is 0 Å². The lowest BCUT2D eigenvalue weighted by Gasteiger charge is -2.37. The molecule has 2 aliphatic carbocycles. The van der Waals surface area contributed by atoms with Crippen LogP contribution < -0.4 is 10.6 Å². The molecule has 0 aromatic carbocycles. The number of amides is 2. The van der Waals surface area contributed by atoms with Gasteiger partial charge in [0.2, 0.25) is 0 Å². The van der Waals surface area contributed by atoms with E-state index in [1.807, 2.05) is 6.92 Å². The van der Waals surface area contributed by atoms with Crippen LogP contribution in [0, 0.1) is 0 Å². The second-order valence-electron chi connectivity index (χ2n) is 6.15. The minimum absolute atomic E-state index is 0.0955. The highest BCUT2D eigenvalue weighted by molar-refractivity contribution is 5.86.